The van der Waals surface area contributed by atoms with E-state index in [1.165, 1.54) is 11.1 Å². The van der Waals surface area contributed by atoms with Gasteiger partial charge in [-0.2, -0.15) is 0 Å². The van der Waals surface area contributed by atoms with E-state index in [2.05, 4.69) is 56.1 Å². The van der Waals surface area contributed by atoms with E-state index in [9.17, 15) is 4.79 Å². The van der Waals surface area contributed by atoms with Crippen LogP contribution in [0.5, 0.6) is 5.75 Å². The lowest BCUT2D eigenvalue weighted by molar-refractivity contribution is 0.208. The van der Waals surface area contributed by atoms with Crippen LogP contribution in [0, 0.1) is 13.8 Å². The van der Waals surface area contributed by atoms with Crippen molar-refractivity contribution in [3.63, 3.8) is 0 Å². The van der Waals surface area contributed by atoms with Gasteiger partial charge in [-0.1, -0.05) is 43.7 Å². The predicted octanol–water partition coefficient (Wildman–Crippen LogP) is 5.25. The fraction of sp³-hybridized carbons (Fsp3) is 0.370. The number of carbonyl (C=O) groups is 1. The summed E-state index contributed by atoms with van der Waals surface area (Å²) in [4.78, 5) is 26.8. The maximum absolute atomic E-state index is 12.8. The zero-order valence-electron chi connectivity index (χ0n) is 20.6. The Bertz CT molecular complexity index is 1170. The number of amides is 2. The quantitative estimate of drug-likeness (QED) is 0.565. The molecule has 34 heavy (non-hydrogen) atoms. The van der Waals surface area contributed by atoms with E-state index < -0.39 is 0 Å². The minimum atomic E-state index is -0.101. The molecule has 0 aliphatic carbocycles. The van der Waals surface area contributed by atoms with Crippen LogP contribution in [0.4, 0.5) is 16.3 Å². The first-order chi connectivity index (χ1) is 16.4. The Morgan fingerprint density at radius 3 is 2.41 bits per heavy atom. The molecule has 0 spiro atoms. The lowest BCUT2D eigenvalue weighted by atomic mass is 10.0. The highest BCUT2D eigenvalue weighted by atomic mass is 16.5. The molecule has 1 aliphatic heterocycles. The molecule has 7 nitrogen and oxygen atoms in total. The number of piperazine rings is 1. The van der Waals surface area contributed by atoms with Crippen LogP contribution in [0.25, 0.3) is 11.4 Å². The van der Waals surface area contributed by atoms with Crippen molar-refractivity contribution in [2.45, 2.75) is 33.6 Å². The summed E-state index contributed by atoms with van der Waals surface area (Å²) in [7, 11) is 1.62. The topological polar surface area (TPSA) is 70.6 Å². The monoisotopic (exact) mass is 459 g/mol. The second-order valence-corrected chi connectivity index (χ2v) is 9.03. The lowest BCUT2D eigenvalue weighted by Gasteiger charge is -2.37. The summed E-state index contributed by atoms with van der Waals surface area (Å²) in [5, 5.41) is 2.98. The SMILES string of the molecule is COc1cccc(NC(=O)N2CCN(c3nc(-c4cccc(C)c4)nc(C)c3C(C)C)CC2)c1. The first-order valence-electron chi connectivity index (χ1n) is 11.8. The smallest absolute Gasteiger partial charge is 0.321 e. The van der Waals surface area contributed by atoms with Gasteiger partial charge in [0.15, 0.2) is 5.82 Å². The molecule has 0 atom stereocenters. The number of aryl methyl sites for hydroxylation is 2. The predicted molar refractivity (Wildman–Crippen MR) is 137 cm³/mol. The van der Waals surface area contributed by atoms with Crippen LogP contribution in [-0.2, 0) is 0 Å². The average Bonchev–Trinajstić information content (AvgIpc) is 2.83. The van der Waals surface area contributed by atoms with Crippen molar-refractivity contribution >= 4 is 17.5 Å². The Labute approximate surface area is 201 Å². The van der Waals surface area contributed by atoms with Crippen molar-refractivity contribution in [1.29, 1.82) is 0 Å². The van der Waals surface area contributed by atoms with E-state index in [1.54, 1.807) is 7.11 Å². The number of nitrogens with one attached hydrogen (secondary N) is 1. The Hall–Kier alpha value is -3.61. The number of rotatable bonds is 5. The largest absolute Gasteiger partial charge is 0.497 e. The van der Waals surface area contributed by atoms with E-state index >= 15 is 0 Å². The molecule has 2 aromatic carbocycles. The van der Waals surface area contributed by atoms with Crippen LogP contribution in [-0.4, -0.2) is 54.2 Å². The highest BCUT2D eigenvalue weighted by molar-refractivity contribution is 5.89. The minimum Gasteiger partial charge on any atom is -0.497 e. The standard InChI is InChI=1S/C27H33N5O2/c1-18(2)24-20(4)28-25(21-9-6-8-19(3)16-21)30-26(24)31-12-14-32(15-13-31)27(33)29-22-10-7-11-23(17-22)34-5/h6-11,16-18H,12-15H2,1-5H3,(H,29,33). The van der Waals surface area contributed by atoms with Gasteiger partial charge in [0.2, 0.25) is 0 Å². The number of urea groups is 1. The van der Waals surface area contributed by atoms with Gasteiger partial charge in [-0.05, 0) is 38.0 Å². The first-order valence-corrected chi connectivity index (χ1v) is 11.8. The maximum Gasteiger partial charge on any atom is 0.321 e. The number of aromatic nitrogens is 2. The van der Waals surface area contributed by atoms with Gasteiger partial charge in [0.1, 0.15) is 11.6 Å². The van der Waals surface area contributed by atoms with Crippen molar-refractivity contribution in [3.8, 4) is 17.1 Å². The number of hydrogen-bond acceptors (Lipinski definition) is 5. The third-order valence-corrected chi connectivity index (χ3v) is 6.16. The molecule has 1 fully saturated rings. The van der Waals surface area contributed by atoms with Gasteiger partial charge in [0, 0.05) is 54.8 Å². The van der Waals surface area contributed by atoms with Crippen LogP contribution in [0.3, 0.4) is 0 Å². The van der Waals surface area contributed by atoms with Crippen molar-refractivity contribution in [1.82, 2.24) is 14.9 Å². The first kappa shape index (κ1) is 23.5. The fourth-order valence-electron chi connectivity index (χ4n) is 4.42. The number of ether oxygens (including phenoxy) is 1. The van der Waals surface area contributed by atoms with Crippen LogP contribution in [0.1, 0.15) is 36.6 Å². The molecule has 1 saturated heterocycles. The minimum absolute atomic E-state index is 0.101. The molecule has 4 rings (SSSR count). The highest BCUT2D eigenvalue weighted by Gasteiger charge is 2.26. The molecule has 2 amide bonds. The average molecular weight is 460 g/mol. The van der Waals surface area contributed by atoms with Crippen molar-refractivity contribution in [2.24, 2.45) is 0 Å². The molecule has 2 heterocycles. The number of methoxy groups -OCH3 is 1. The molecule has 178 valence electrons. The molecule has 0 unspecified atom stereocenters. The third-order valence-electron chi connectivity index (χ3n) is 6.16. The second-order valence-electron chi connectivity index (χ2n) is 9.03. The van der Waals surface area contributed by atoms with E-state index in [-0.39, 0.29) is 6.03 Å². The molecule has 7 heteroatoms. The third kappa shape index (κ3) is 5.14. The van der Waals surface area contributed by atoms with Crippen LogP contribution in [0.15, 0.2) is 48.5 Å². The summed E-state index contributed by atoms with van der Waals surface area (Å²) in [5.41, 5.74) is 5.11. The van der Waals surface area contributed by atoms with Crippen LogP contribution < -0.4 is 15.0 Å². The molecular weight excluding hydrogens is 426 g/mol. The van der Waals surface area contributed by atoms with Gasteiger partial charge >= 0.3 is 6.03 Å². The van der Waals surface area contributed by atoms with Crippen molar-refractivity contribution in [2.75, 3.05) is 43.5 Å². The molecule has 0 bridgehead atoms. The number of nitrogens with zero attached hydrogens (tertiary/aromatic N) is 4. The highest BCUT2D eigenvalue weighted by Crippen LogP contribution is 2.31. The van der Waals surface area contributed by atoms with Gasteiger partial charge in [0.05, 0.1) is 7.11 Å². The molecule has 1 aliphatic rings. The number of benzene rings is 2. The molecule has 1 aromatic heterocycles. The Balaban J connectivity index is 1.52. The maximum atomic E-state index is 12.8. The Kier molecular flexibility index (Phi) is 7.01. The van der Waals surface area contributed by atoms with Gasteiger partial charge in [0.25, 0.3) is 0 Å². The van der Waals surface area contributed by atoms with Gasteiger partial charge < -0.3 is 19.9 Å². The summed E-state index contributed by atoms with van der Waals surface area (Å²) >= 11 is 0. The molecule has 0 radical (unpaired) electrons. The molecule has 0 saturated carbocycles. The normalized spacial score (nSPS) is 13.8. The summed E-state index contributed by atoms with van der Waals surface area (Å²) in [6.45, 7) is 11.2. The summed E-state index contributed by atoms with van der Waals surface area (Å²) in [6.07, 6.45) is 0. The van der Waals surface area contributed by atoms with Gasteiger partial charge in [-0.3, -0.25) is 0 Å². The van der Waals surface area contributed by atoms with E-state index in [0.29, 0.717) is 24.8 Å². The van der Waals surface area contributed by atoms with Gasteiger partial charge in [-0.15, -0.1) is 0 Å². The molecule has 3 aromatic rings. The summed E-state index contributed by atoms with van der Waals surface area (Å²) in [5.74, 6) is 2.74. The fourth-order valence-corrected chi connectivity index (χ4v) is 4.42. The number of anilines is 2. The molecule has 1 N–H and O–H groups in total. The van der Waals surface area contributed by atoms with E-state index in [1.807, 2.05) is 35.2 Å². The number of hydrogen-bond donors (Lipinski definition) is 1. The lowest BCUT2D eigenvalue weighted by Crippen LogP contribution is -2.50. The van der Waals surface area contributed by atoms with Crippen LogP contribution in [0.2, 0.25) is 0 Å². The van der Waals surface area contributed by atoms with Crippen molar-refractivity contribution < 1.29 is 9.53 Å². The van der Waals surface area contributed by atoms with E-state index in [4.69, 9.17) is 14.7 Å². The van der Waals surface area contributed by atoms with E-state index in [0.717, 1.165) is 41.7 Å². The summed E-state index contributed by atoms with van der Waals surface area (Å²) in [6, 6.07) is 15.6. The second kappa shape index (κ2) is 10.1. The molecular formula is C27H33N5O2. The zero-order chi connectivity index (χ0) is 24.2. The van der Waals surface area contributed by atoms with Crippen molar-refractivity contribution in [3.05, 3.63) is 65.4 Å². The zero-order valence-corrected chi connectivity index (χ0v) is 20.6. The van der Waals surface area contributed by atoms with Gasteiger partial charge in [-0.25, -0.2) is 14.8 Å². The summed E-state index contributed by atoms with van der Waals surface area (Å²) < 4.78 is 5.25. The number of carbonyl (C=O) groups excluding carboxylic acids is 1. The van der Waals surface area contributed by atoms with Crippen LogP contribution >= 0.6 is 0 Å². The Morgan fingerprint density at radius 2 is 1.74 bits per heavy atom. The Morgan fingerprint density at radius 1 is 1.00 bits per heavy atom.